The van der Waals surface area contributed by atoms with Crippen molar-refractivity contribution < 1.29 is 4.79 Å². The Morgan fingerprint density at radius 1 is 1.08 bits per heavy atom. The van der Waals surface area contributed by atoms with Crippen LogP contribution in [0.1, 0.15) is 38.2 Å². The Bertz CT molecular complexity index is 1520. The molecule has 8 heteroatoms. The van der Waals surface area contributed by atoms with Gasteiger partial charge in [-0.2, -0.15) is 14.6 Å². The lowest BCUT2D eigenvalue weighted by atomic mass is 9.83. The van der Waals surface area contributed by atoms with Crippen molar-refractivity contribution in [1.82, 2.24) is 24.9 Å². The lowest BCUT2D eigenvalue weighted by molar-refractivity contribution is -0.120. The zero-order chi connectivity index (χ0) is 24.8. The van der Waals surface area contributed by atoms with Gasteiger partial charge in [0.15, 0.2) is 16.5 Å². The Labute approximate surface area is 213 Å². The fourth-order valence-electron chi connectivity index (χ4n) is 6.17. The van der Waals surface area contributed by atoms with Crippen LogP contribution in [-0.2, 0) is 4.79 Å². The van der Waals surface area contributed by atoms with Gasteiger partial charge in [0, 0.05) is 17.0 Å². The van der Waals surface area contributed by atoms with Crippen molar-refractivity contribution in [3.63, 3.8) is 0 Å². The van der Waals surface area contributed by atoms with Crippen molar-refractivity contribution in [2.24, 2.45) is 17.8 Å². The number of carbonyl (C=O) groups is 1. The maximum Gasteiger partial charge on any atom is 0.300 e. The second-order valence-electron chi connectivity index (χ2n) is 10.1. The van der Waals surface area contributed by atoms with Crippen LogP contribution in [0.15, 0.2) is 58.5 Å². The molecule has 0 saturated heterocycles. The molecule has 1 N–H and O–H groups in total. The van der Waals surface area contributed by atoms with E-state index >= 15 is 0 Å². The van der Waals surface area contributed by atoms with Gasteiger partial charge in [-0.1, -0.05) is 67.1 Å². The van der Waals surface area contributed by atoms with Gasteiger partial charge in [0.1, 0.15) is 0 Å². The van der Waals surface area contributed by atoms with Crippen LogP contribution in [0.25, 0.3) is 27.8 Å². The summed E-state index contributed by atoms with van der Waals surface area (Å²) in [5.41, 5.74) is 2.86. The predicted molar refractivity (Wildman–Crippen MR) is 142 cm³/mol. The highest BCUT2D eigenvalue weighted by Gasteiger charge is 2.46. The first kappa shape index (κ1) is 23.2. The van der Waals surface area contributed by atoms with E-state index in [-0.39, 0.29) is 29.0 Å². The summed E-state index contributed by atoms with van der Waals surface area (Å²) in [5, 5.41) is 9.32. The van der Waals surface area contributed by atoms with Crippen LogP contribution < -0.4 is 10.9 Å². The third-order valence-electron chi connectivity index (χ3n) is 7.90. The molecule has 36 heavy (non-hydrogen) atoms. The summed E-state index contributed by atoms with van der Waals surface area (Å²) < 4.78 is 1.61. The zero-order valence-corrected chi connectivity index (χ0v) is 21.3. The minimum Gasteiger partial charge on any atom is -0.352 e. The zero-order valence-electron chi connectivity index (χ0n) is 20.5. The number of thioether (sulfide) groups is 1. The van der Waals surface area contributed by atoms with Gasteiger partial charge >= 0.3 is 0 Å². The molecular weight excluding hydrogens is 470 g/mol. The summed E-state index contributed by atoms with van der Waals surface area (Å²) >= 11 is 1.33. The van der Waals surface area contributed by atoms with Gasteiger partial charge < -0.3 is 5.32 Å². The topological polar surface area (TPSA) is 89.2 Å². The lowest BCUT2D eigenvalue weighted by Gasteiger charge is -2.31. The van der Waals surface area contributed by atoms with E-state index in [4.69, 9.17) is 4.98 Å². The Morgan fingerprint density at radius 2 is 1.86 bits per heavy atom. The third-order valence-corrected chi connectivity index (χ3v) is 8.83. The van der Waals surface area contributed by atoms with Crippen LogP contribution >= 0.6 is 11.8 Å². The molecule has 1 amide bonds. The van der Waals surface area contributed by atoms with Gasteiger partial charge in [0.2, 0.25) is 5.91 Å². The van der Waals surface area contributed by atoms with E-state index in [1.807, 2.05) is 55.5 Å². The van der Waals surface area contributed by atoms with Crippen LogP contribution in [0.3, 0.4) is 0 Å². The number of nitrogens with zero attached hydrogens (tertiary/aromatic N) is 4. The summed E-state index contributed by atoms with van der Waals surface area (Å²) in [5.74, 6) is 2.22. The first-order valence-electron chi connectivity index (χ1n) is 12.7. The molecule has 4 unspecified atom stereocenters. The highest BCUT2D eigenvalue weighted by Crippen LogP contribution is 2.49. The van der Waals surface area contributed by atoms with Crippen molar-refractivity contribution in [2.75, 3.05) is 5.75 Å². The van der Waals surface area contributed by atoms with Crippen LogP contribution in [0.2, 0.25) is 0 Å². The molecule has 2 fully saturated rings. The highest BCUT2D eigenvalue weighted by atomic mass is 32.2. The molecule has 2 aliphatic carbocycles. The second kappa shape index (κ2) is 9.32. The first-order valence-corrected chi connectivity index (χ1v) is 13.7. The Morgan fingerprint density at radius 3 is 2.67 bits per heavy atom. The summed E-state index contributed by atoms with van der Waals surface area (Å²) in [6.07, 6.45) is 4.89. The smallest absolute Gasteiger partial charge is 0.300 e. The van der Waals surface area contributed by atoms with Crippen molar-refractivity contribution >= 4 is 34.2 Å². The van der Waals surface area contributed by atoms with Gasteiger partial charge in [-0.25, -0.2) is 4.98 Å². The molecular formula is C28H29N5O2S. The van der Waals surface area contributed by atoms with E-state index in [9.17, 15) is 9.59 Å². The Hall–Kier alpha value is -3.26. The molecule has 4 aromatic rings. The van der Waals surface area contributed by atoms with E-state index in [0.717, 1.165) is 28.8 Å². The fourth-order valence-corrected chi connectivity index (χ4v) is 6.93. The number of fused-ring (bicyclic) bond motifs is 5. The summed E-state index contributed by atoms with van der Waals surface area (Å²) in [6.45, 7) is 4.23. The van der Waals surface area contributed by atoms with Crippen LogP contribution in [0, 0.1) is 24.7 Å². The van der Waals surface area contributed by atoms with Gasteiger partial charge in [0.25, 0.3) is 5.56 Å². The van der Waals surface area contributed by atoms with E-state index in [0.29, 0.717) is 28.2 Å². The second-order valence-corrected chi connectivity index (χ2v) is 11.0. The van der Waals surface area contributed by atoms with Gasteiger partial charge in [-0.05, 0) is 56.1 Å². The average Bonchev–Trinajstić information content (AvgIpc) is 3.49. The van der Waals surface area contributed by atoms with Gasteiger partial charge in [-0.3, -0.25) is 9.59 Å². The number of hydrogen-bond acceptors (Lipinski definition) is 6. The average molecular weight is 500 g/mol. The molecule has 7 nitrogen and oxygen atoms in total. The minimum atomic E-state index is -0.384. The van der Waals surface area contributed by atoms with Crippen molar-refractivity contribution in [3.05, 3.63) is 64.4 Å². The fraction of sp³-hybridized carbons (Fsp3) is 0.393. The molecule has 2 saturated carbocycles. The molecule has 4 atom stereocenters. The lowest BCUT2D eigenvalue weighted by Crippen LogP contribution is -2.44. The van der Waals surface area contributed by atoms with Gasteiger partial charge in [-0.15, -0.1) is 0 Å². The molecule has 2 aliphatic rings. The van der Waals surface area contributed by atoms with Crippen molar-refractivity contribution in [2.45, 2.75) is 50.7 Å². The van der Waals surface area contributed by atoms with E-state index in [1.54, 1.807) is 4.52 Å². The van der Waals surface area contributed by atoms with Crippen molar-refractivity contribution in [1.29, 1.82) is 0 Å². The number of hydrogen-bond donors (Lipinski definition) is 1. The normalized spacial score (nSPS) is 22.9. The number of carbonyl (C=O) groups excluding carboxylic acids is 1. The molecule has 0 spiro atoms. The maximum atomic E-state index is 13.0. The van der Waals surface area contributed by atoms with Crippen LogP contribution in [0.5, 0.6) is 0 Å². The van der Waals surface area contributed by atoms with E-state index in [2.05, 4.69) is 22.3 Å². The Balaban J connectivity index is 1.33. The molecule has 0 radical (unpaired) electrons. The SMILES string of the molecule is CCC1C2CCC(C2)C1NC(=O)CSc1nc2ccccc2c2nc(=O)c(-c3ccc(C)cc3)nn12. The predicted octanol–water partition coefficient (Wildman–Crippen LogP) is 4.65. The highest BCUT2D eigenvalue weighted by molar-refractivity contribution is 7.99. The molecule has 2 aromatic heterocycles. The van der Waals surface area contributed by atoms with Crippen LogP contribution in [-0.4, -0.2) is 37.3 Å². The molecule has 6 rings (SSSR count). The van der Waals surface area contributed by atoms with E-state index in [1.165, 1.54) is 31.0 Å². The number of rotatable bonds is 6. The first-order chi connectivity index (χ1) is 17.5. The van der Waals surface area contributed by atoms with Gasteiger partial charge in [0.05, 0.1) is 11.3 Å². The molecule has 2 heterocycles. The number of aromatic nitrogens is 4. The molecule has 184 valence electrons. The summed E-state index contributed by atoms with van der Waals surface area (Å²) in [7, 11) is 0. The molecule has 0 aliphatic heterocycles. The molecule has 2 aromatic carbocycles. The summed E-state index contributed by atoms with van der Waals surface area (Å²) in [6, 6.07) is 15.5. The molecule has 2 bridgehead atoms. The van der Waals surface area contributed by atoms with Crippen LogP contribution in [0.4, 0.5) is 0 Å². The number of amides is 1. The largest absolute Gasteiger partial charge is 0.352 e. The van der Waals surface area contributed by atoms with E-state index < -0.39 is 0 Å². The monoisotopic (exact) mass is 499 g/mol. The maximum absolute atomic E-state index is 13.0. The standard InChI is InChI=1S/C28H29N5O2S/c1-3-20-18-12-13-19(14-18)24(20)30-23(34)15-36-28-29-22-7-5-4-6-21(22)26-31-27(35)25(32-33(26)28)17-10-8-16(2)9-11-17/h4-11,18-20,24H,3,12-15H2,1-2H3,(H,30,34). The summed E-state index contributed by atoms with van der Waals surface area (Å²) in [4.78, 5) is 35.2. The quantitative estimate of drug-likeness (QED) is 0.236. The number of aryl methyl sites for hydroxylation is 1. The number of benzene rings is 2. The van der Waals surface area contributed by atoms with Crippen molar-refractivity contribution in [3.8, 4) is 11.3 Å². The third kappa shape index (κ3) is 4.07. The number of para-hydroxylation sites is 1. The minimum absolute atomic E-state index is 0.0203. The Kier molecular flexibility index (Phi) is 5.99. The number of nitrogens with one attached hydrogen (secondary N) is 1.